The van der Waals surface area contributed by atoms with Crippen molar-refractivity contribution in [1.82, 2.24) is 10.3 Å². The first-order valence-electron chi connectivity index (χ1n) is 4.91. The molecule has 1 rings (SSSR count). The lowest BCUT2D eigenvalue weighted by Crippen LogP contribution is -2.29. The lowest BCUT2D eigenvalue weighted by molar-refractivity contribution is -0.119. The quantitative estimate of drug-likeness (QED) is 0.480. The van der Waals surface area contributed by atoms with Crippen LogP contribution in [0.2, 0.25) is 10.0 Å². The van der Waals surface area contributed by atoms with Crippen LogP contribution in [0.3, 0.4) is 0 Å². The molecule has 17 heavy (non-hydrogen) atoms. The highest BCUT2D eigenvalue weighted by Crippen LogP contribution is 2.28. The fourth-order valence-electron chi connectivity index (χ4n) is 1.12. The number of nitrogens with one attached hydrogen (secondary N) is 3. The van der Waals surface area contributed by atoms with Crippen molar-refractivity contribution in [3.63, 3.8) is 0 Å². The van der Waals surface area contributed by atoms with Gasteiger partial charge in [0.15, 0.2) is 5.82 Å². The van der Waals surface area contributed by atoms with Gasteiger partial charge in [-0.05, 0) is 13.0 Å². The second-order valence-electron chi connectivity index (χ2n) is 3.10. The number of nitrogens with two attached hydrogens (primary N) is 1. The molecule has 1 aromatic heterocycles. The van der Waals surface area contributed by atoms with Crippen LogP contribution in [0.4, 0.5) is 11.6 Å². The van der Waals surface area contributed by atoms with Crippen molar-refractivity contribution in [3.05, 3.63) is 16.1 Å². The molecule has 6 nitrogen and oxygen atoms in total. The summed E-state index contributed by atoms with van der Waals surface area (Å²) in [7, 11) is 0. The molecule has 0 radical (unpaired) electrons. The van der Waals surface area contributed by atoms with Crippen LogP contribution in [0.5, 0.6) is 0 Å². The van der Waals surface area contributed by atoms with Crippen LogP contribution in [-0.4, -0.2) is 24.0 Å². The Kier molecular flexibility index (Phi) is 5.27. The van der Waals surface area contributed by atoms with E-state index in [0.717, 1.165) is 0 Å². The molecule has 0 aliphatic carbocycles. The second-order valence-corrected chi connectivity index (χ2v) is 3.92. The zero-order chi connectivity index (χ0) is 12.8. The highest BCUT2D eigenvalue weighted by Gasteiger charge is 2.09. The van der Waals surface area contributed by atoms with E-state index >= 15 is 0 Å². The molecule has 0 spiro atoms. The number of nitrogens with zero attached hydrogens (tertiary/aromatic N) is 1. The normalized spacial score (nSPS) is 9.88. The molecule has 0 atom stereocenters. The number of amides is 1. The van der Waals surface area contributed by atoms with E-state index in [-0.39, 0.29) is 18.3 Å². The van der Waals surface area contributed by atoms with Gasteiger partial charge in [-0.1, -0.05) is 23.2 Å². The molecular weight excluding hydrogens is 265 g/mol. The fraction of sp³-hybridized carbons (Fsp3) is 0.333. The number of nitrogen functional groups attached to an aromatic ring is 1. The zero-order valence-electron chi connectivity index (χ0n) is 9.18. The Bertz CT molecular complexity index is 413. The molecule has 0 fully saturated rings. The van der Waals surface area contributed by atoms with E-state index in [9.17, 15) is 4.79 Å². The van der Waals surface area contributed by atoms with Gasteiger partial charge in [0.1, 0.15) is 5.82 Å². The van der Waals surface area contributed by atoms with Crippen molar-refractivity contribution >= 4 is 40.7 Å². The van der Waals surface area contributed by atoms with Crippen LogP contribution in [0.15, 0.2) is 6.07 Å². The van der Waals surface area contributed by atoms with Gasteiger partial charge >= 0.3 is 0 Å². The lowest BCUT2D eigenvalue weighted by Gasteiger charge is -2.10. The van der Waals surface area contributed by atoms with Crippen LogP contribution < -0.4 is 21.9 Å². The van der Waals surface area contributed by atoms with Crippen LogP contribution in [-0.2, 0) is 4.79 Å². The third-order valence-electron chi connectivity index (χ3n) is 1.86. The number of carbonyl (C=O) groups excluding carboxylic acids is 1. The van der Waals surface area contributed by atoms with Crippen molar-refractivity contribution in [3.8, 4) is 0 Å². The van der Waals surface area contributed by atoms with Gasteiger partial charge in [-0.2, -0.15) is 0 Å². The number of likely N-dealkylation sites (N-methyl/N-ethyl adjacent to an activating group) is 1. The Labute approximate surface area is 109 Å². The molecule has 1 aromatic rings. The molecule has 0 saturated carbocycles. The molecule has 94 valence electrons. The number of hydrazine groups is 1. The number of hydrogen-bond acceptors (Lipinski definition) is 5. The summed E-state index contributed by atoms with van der Waals surface area (Å²) in [5, 5.41) is 6.05. The van der Waals surface area contributed by atoms with E-state index in [1.807, 2.05) is 6.92 Å². The molecule has 0 unspecified atom stereocenters. The number of rotatable bonds is 5. The minimum atomic E-state index is -0.150. The standard InChI is InChI=1S/C9H13Cl2N5O/c1-2-13-7(17)4-14-8-5(10)3-6(11)9(15-8)16-12/h3H,2,4,12H2,1H3,(H,13,17)(H2,14,15,16). The Hall–Kier alpha value is -1.24. The van der Waals surface area contributed by atoms with Gasteiger partial charge in [0.05, 0.1) is 16.6 Å². The Balaban J connectivity index is 2.74. The summed E-state index contributed by atoms with van der Waals surface area (Å²) in [6.07, 6.45) is 0. The van der Waals surface area contributed by atoms with E-state index in [1.54, 1.807) is 0 Å². The Morgan fingerprint density at radius 1 is 1.41 bits per heavy atom. The molecule has 5 N–H and O–H groups in total. The average molecular weight is 278 g/mol. The van der Waals surface area contributed by atoms with Gasteiger partial charge in [0, 0.05) is 6.54 Å². The summed E-state index contributed by atoms with van der Waals surface area (Å²) in [6, 6.07) is 1.49. The van der Waals surface area contributed by atoms with Crippen LogP contribution in [0, 0.1) is 0 Å². The third-order valence-corrected chi connectivity index (χ3v) is 2.43. The molecule has 0 aliphatic rings. The SMILES string of the molecule is CCNC(=O)CNc1nc(NN)c(Cl)cc1Cl. The first-order chi connectivity index (χ1) is 8.08. The Morgan fingerprint density at radius 3 is 2.65 bits per heavy atom. The predicted molar refractivity (Wildman–Crippen MR) is 69.2 cm³/mol. The number of pyridine rings is 1. The molecule has 1 amide bonds. The molecule has 0 bridgehead atoms. The van der Waals surface area contributed by atoms with E-state index in [1.165, 1.54) is 6.07 Å². The minimum Gasteiger partial charge on any atom is -0.360 e. The smallest absolute Gasteiger partial charge is 0.239 e. The summed E-state index contributed by atoms with van der Waals surface area (Å²) >= 11 is 11.7. The van der Waals surface area contributed by atoms with Gasteiger partial charge in [-0.15, -0.1) is 0 Å². The third kappa shape index (κ3) is 3.92. The van der Waals surface area contributed by atoms with Gasteiger partial charge in [-0.3, -0.25) is 4.79 Å². The van der Waals surface area contributed by atoms with E-state index in [4.69, 9.17) is 29.0 Å². The van der Waals surface area contributed by atoms with Gasteiger partial charge in [0.25, 0.3) is 0 Å². The maximum Gasteiger partial charge on any atom is 0.239 e. The van der Waals surface area contributed by atoms with Crippen molar-refractivity contribution in [2.45, 2.75) is 6.92 Å². The minimum absolute atomic E-state index is 0.0756. The van der Waals surface area contributed by atoms with Crippen LogP contribution in [0.1, 0.15) is 6.92 Å². The molecule has 0 aliphatic heterocycles. The zero-order valence-corrected chi connectivity index (χ0v) is 10.7. The number of carbonyl (C=O) groups is 1. The van der Waals surface area contributed by atoms with Gasteiger partial charge < -0.3 is 16.1 Å². The number of hydrogen-bond donors (Lipinski definition) is 4. The summed E-state index contributed by atoms with van der Waals surface area (Å²) in [4.78, 5) is 15.3. The van der Waals surface area contributed by atoms with Gasteiger partial charge in [0.2, 0.25) is 5.91 Å². The van der Waals surface area contributed by atoms with Crippen molar-refractivity contribution in [2.75, 3.05) is 23.8 Å². The summed E-state index contributed by atoms with van der Waals surface area (Å²) in [5.74, 6) is 5.71. The van der Waals surface area contributed by atoms with E-state index in [0.29, 0.717) is 22.4 Å². The summed E-state index contributed by atoms with van der Waals surface area (Å²) in [6.45, 7) is 2.48. The highest BCUT2D eigenvalue weighted by molar-refractivity contribution is 6.37. The first kappa shape index (κ1) is 13.8. The van der Waals surface area contributed by atoms with Crippen molar-refractivity contribution < 1.29 is 4.79 Å². The summed E-state index contributed by atoms with van der Waals surface area (Å²) < 4.78 is 0. The Morgan fingerprint density at radius 2 is 2.06 bits per heavy atom. The highest BCUT2D eigenvalue weighted by atomic mass is 35.5. The number of anilines is 2. The van der Waals surface area contributed by atoms with Gasteiger partial charge in [-0.25, -0.2) is 10.8 Å². The second kappa shape index (κ2) is 6.48. The van der Waals surface area contributed by atoms with E-state index in [2.05, 4.69) is 21.0 Å². The average Bonchev–Trinajstić information content (AvgIpc) is 2.28. The lowest BCUT2D eigenvalue weighted by atomic mass is 10.4. The van der Waals surface area contributed by atoms with E-state index < -0.39 is 0 Å². The fourth-order valence-corrected chi connectivity index (χ4v) is 1.60. The monoisotopic (exact) mass is 277 g/mol. The van der Waals surface area contributed by atoms with Crippen molar-refractivity contribution in [1.29, 1.82) is 0 Å². The topological polar surface area (TPSA) is 92.1 Å². The maximum absolute atomic E-state index is 11.2. The first-order valence-corrected chi connectivity index (χ1v) is 5.67. The molecule has 8 heteroatoms. The van der Waals surface area contributed by atoms with Crippen LogP contribution >= 0.6 is 23.2 Å². The molecule has 0 saturated heterocycles. The van der Waals surface area contributed by atoms with Crippen molar-refractivity contribution in [2.24, 2.45) is 5.84 Å². The predicted octanol–water partition coefficient (Wildman–Crippen LogP) is 1.22. The molecule has 1 heterocycles. The number of halogens is 2. The summed E-state index contributed by atoms with van der Waals surface area (Å²) in [5.41, 5.74) is 2.33. The number of aromatic nitrogens is 1. The maximum atomic E-state index is 11.2. The molecular formula is C9H13Cl2N5O. The largest absolute Gasteiger partial charge is 0.360 e. The molecule has 0 aromatic carbocycles. The van der Waals surface area contributed by atoms with Crippen LogP contribution in [0.25, 0.3) is 0 Å².